The van der Waals surface area contributed by atoms with Gasteiger partial charge in [0.1, 0.15) is 17.6 Å². The summed E-state index contributed by atoms with van der Waals surface area (Å²) in [5.74, 6) is 0.746. The molecule has 1 heterocycles. The van der Waals surface area contributed by atoms with Crippen molar-refractivity contribution in [2.24, 2.45) is 0 Å². The maximum absolute atomic E-state index is 12.6. The molecule has 8 nitrogen and oxygen atoms in total. The maximum atomic E-state index is 12.6. The first-order chi connectivity index (χ1) is 16.8. The molecule has 0 radical (unpaired) electrons. The molecule has 0 aliphatic rings. The molecule has 2 aromatic carbocycles. The van der Waals surface area contributed by atoms with Gasteiger partial charge < -0.3 is 25.0 Å². The van der Waals surface area contributed by atoms with Crippen LogP contribution in [0.1, 0.15) is 18.2 Å². The predicted molar refractivity (Wildman–Crippen MR) is 140 cm³/mol. The molecule has 35 heavy (non-hydrogen) atoms. The molecule has 3 rings (SSSR count). The zero-order valence-corrected chi connectivity index (χ0v) is 21.2. The first-order valence-corrected chi connectivity index (χ1v) is 11.4. The van der Waals surface area contributed by atoms with Gasteiger partial charge in [0.25, 0.3) is 0 Å². The summed E-state index contributed by atoms with van der Waals surface area (Å²) in [6, 6.07) is 11.0. The Morgan fingerprint density at radius 2 is 2.03 bits per heavy atom. The zero-order chi connectivity index (χ0) is 25.5. The topological polar surface area (TPSA) is 99.5 Å². The number of hydrogen-bond acceptors (Lipinski definition) is 7. The number of likely N-dealkylation sites (N-methyl/N-ethyl adjacent to an activating group) is 1. The summed E-state index contributed by atoms with van der Waals surface area (Å²) in [4.78, 5) is 19.1. The largest absolute Gasteiger partial charge is 0.495 e. The van der Waals surface area contributed by atoms with Gasteiger partial charge in [0, 0.05) is 29.8 Å². The van der Waals surface area contributed by atoms with E-state index in [1.165, 1.54) is 6.08 Å². The molecule has 0 spiro atoms. The summed E-state index contributed by atoms with van der Waals surface area (Å²) in [5.41, 5.74) is 3.27. The second kappa shape index (κ2) is 11.6. The highest BCUT2D eigenvalue weighted by molar-refractivity contribution is 6.32. The van der Waals surface area contributed by atoms with Gasteiger partial charge in [0.2, 0.25) is 5.91 Å². The van der Waals surface area contributed by atoms with E-state index >= 15 is 0 Å². The van der Waals surface area contributed by atoms with E-state index in [0.29, 0.717) is 68.9 Å². The van der Waals surface area contributed by atoms with Crippen LogP contribution in [-0.2, 0) is 4.79 Å². The van der Waals surface area contributed by atoms with Crippen LogP contribution in [0.4, 0.5) is 17.1 Å². The van der Waals surface area contributed by atoms with E-state index in [1.807, 2.05) is 25.9 Å². The van der Waals surface area contributed by atoms with Gasteiger partial charge in [-0.2, -0.15) is 5.26 Å². The summed E-state index contributed by atoms with van der Waals surface area (Å²) < 4.78 is 11.0. The molecule has 0 saturated heterocycles. The van der Waals surface area contributed by atoms with Crippen LogP contribution in [0.15, 0.2) is 42.5 Å². The van der Waals surface area contributed by atoms with Gasteiger partial charge in [0.15, 0.2) is 0 Å². The summed E-state index contributed by atoms with van der Waals surface area (Å²) in [7, 11) is 5.39. The third kappa shape index (κ3) is 6.21. The fourth-order valence-electron chi connectivity index (χ4n) is 3.49. The monoisotopic (exact) mass is 493 g/mol. The fraction of sp³-hybridized carbons (Fsp3) is 0.269. The molecule has 0 saturated carbocycles. The number of ether oxygens (including phenoxy) is 2. The lowest BCUT2D eigenvalue weighted by Gasteiger charge is -2.17. The van der Waals surface area contributed by atoms with E-state index in [-0.39, 0.29) is 5.91 Å². The molecular formula is C26H28ClN5O3. The first-order valence-electron chi connectivity index (χ1n) is 11.0. The standard InChI is InChI=1S/C26H28ClN5O3/c1-6-35-24-14-21-18(13-22(24)31-25(33)8-7-11-32(3)4)26(19(15-28)16(2)29-21)30-17-9-10-23(34-5)20(27)12-17/h7-10,12-14H,6,11H2,1-5H3,(H,29,30)(H,31,33)/b8-7+. The normalized spacial score (nSPS) is 11.0. The number of hydrogen-bond donors (Lipinski definition) is 2. The molecule has 2 N–H and O–H groups in total. The molecule has 3 aromatic rings. The number of rotatable bonds is 9. The van der Waals surface area contributed by atoms with E-state index < -0.39 is 0 Å². The molecule has 1 aromatic heterocycles. The Bertz CT molecular complexity index is 1310. The first kappa shape index (κ1) is 25.8. The van der Waals surface area contributed by atoms with Crippen LogP contribution in [0, 0.1) is 18.3 Å². The molecular weight excluding hydrogens is 466 g/mol. The van der Waals surface area contributed by atoms with Crippen molar-refractivity contribution in [2.75, 3.05) is 45.0 Å². The Labute approximate surface area is 210 Å². The van der Waals surface area contributed by atoms with Crippen LogP contribution < -0.4 is 20.1 Å². The van der Waals surface area contributed by atoms with E-state index in [2.05, 4.69) is 21.7 Å². The second-order valence-electron chi connectivity index (χ2n) is 7.99. The van der Waals surface area contributed by atoms with Crippen molar-refractivity contribution in [3.8, 4) is 17.6 Å². The number of halogens is 1. The number of fused-ring (bicyclic) bond motifs is 1. The number of nitrogens with one attached hydrogen (secondary N) is 2. The quantitative estimate of drug-likeness (QED) is 0.391. The van der Waals surface area contributed by atoms with Crippen LogP contribution in [0.5, 0.6) is 11.5 Å². The minimum absolute atomic E-state index is 0.288. The van der Waals surface area contributed by atoms with E-state index in [4.69, 9.17) is 21.1 Å². The van der Waals surface area contributed by atoms with Gasteiger partial charge >= 0.3 is 0 Å². The average molecular weight is 494 g/mol. The number of aryl methyl sites for hydroxylation is 1. The van der Waals surface area contributed by atoms with Gasteiger partial charge in [-0.15, -0.1) is 0 Å². The smallest absolute Gasteiger partial charge is 0.248 e. The number of anilines is 3. The lowest BCUT2D eigenvalue weighted by molar-refractivity contribution is -0.111. The highest BCUT2D eigenvalue weighted by Crippen LogP contribution is 2.38. The third-order valence-electron chi connectivity index (χ3n) is 5.10. The van der Waals surface area contributed by atoms with Crippen LogP contribution in [0.25, 0.3) is 10.9 Å². The average Bonchev–Trinajstić information content (AvgIpc) is 2.80. The molecule has 0 bridgehead atoms. The minimum atomic E-state index is -0.288. The second-order valence-corrected chi connectivity index (χ2v) is 8.39. The zero-order valence-electron chi connectivity index (χ0n) is 20.4. The molecule has 0 aliphatic carbocycles. The van der Waals surface area contributed by atoms with E-state index in [0.717, 1.165) is 0 Å². The molecule has 9 heteroatoms. The Morgan fingerprint density at radius 1 is 1.26 bits per heavy atom. The van der Waals surface area contributed by atoms with Crippen molar-refractivity contribution in [3.05, 3.63) is 58.8 Å². The highest BCUT2D eigenvalue weighted by Gasteiger charge is 2.17. The Kier molecular flexibility index (Phi) is 8.53. The number of benzene rings is 2. The predicted octanol–water partition coefficient (Wildman–Crippen LogP) is 5.28. The summed E-state index contributed by atoms with van der Waals surface area (Å²) in [5, 5.41) is 17.2. The number of nitriles is 1. The van der Waals surface area contributed by atoms with Gasteiger partial charge in [0.05, 0.1) is 46.9 Å². The number of methoxy groups -OCH3 is 1. The van der Waals surface area contributed by atoms with Crippen molar-refractivity contribution in [1.29, 1.82) is 5.26 Å². The molecule has 0 unspecified atom stereocenters. The van der Waals surface area contributed by atoms with Gasteiger partial charge in [-0.05, 0) is 52.2 Å². The number of aromatic nitrogens is 1. The fourth-order valence-corrected chi connectivity index (χ4v) is 3.74. The third-order valence-corrected chi connectivity index (χ3v) is 5.39. The molecule has 0 aliphatic heterocycles. The van der Waals surface area contributed by atoms with Crippen molar-refractivity contribution in [3.63, 3.8) is 0 Å². The summed E-state index contributed by atoms with van der Waals surface area (Å²) in [6.07, 6.45) is 3.25. The Morgan fingerprint density at radius 3 is 2.66 bits per heavy atom. The highest BCUT2D eigenvalue weighted by atomic mass is 35.5. The number of carbonyl (C=O) groups is 1. The number of carbonyl (C=O) groups excluding carboxylic acids is 1. The minimum Gasteiger partial charge on any atom is -0.495 e. The Balaban J connectivity index is 2.12. The molecule has 0 atom stereocenters. The van der Waals surface area contributed by atoms with E-state index in [1.54, 1.807) is 50.4 Å². The van der Waals surface area contributed by atoms with Gasteiger partial charge in [-0.1, -0.05) is 17.7 Å². The lowest BCUT2D eigenvalue weighted by Crippen LogP contribution is -2.13. The molecule has 1 amide bonds. The van der Waals surface area contributed by atoms with Crippen molar-refractivity contribution >= 4 is 45.5 Å². The number of pyridine rings is 1. The van der Waals surface area contributed by atoms with Crippen molar-refractivity contribution < 1.29 is 14.3 Å². The lowest BCUT2D eigenvalue weighted by atomic mass is 10.0. The van der Waals surface area contributed by atoms with Crippen molar-refractivity contribution in [1.82, 2.24) is 9.88 Å². The van der Waals surface area contributed by atoms with Gasteiger partial charge in [-0.25, -0.2) is 0 Å². The van der Waals surface area contributed by atoms with E-state index in [9.17, 15) is 10.1 Å². The van der Waals surface area contributed by atoms with Crippen LogP contribution in [-0.4, -0.2) is 50.1 Å². The molecule has 0 fully saturated rings. The van der Waals surface area contributed by atoms with Crippen LogP contribution in [0.3, 0.4) is 0 Å². The summed E-state index contributed by atoms with van der Waals surface area (Å²) in [6.45, 7) is 4.69. The van der Waals surface area contributed by atoms with Gasteiger partial charge in [-0.3, -0.25) is 9.78 Å². The molecule has 182 valence electrons. The number of amides is 1. The van der Waals surface area contributed by atoms with Crippen LogP contribution in [0.2, 0.25) is 5.02 Å². The summed E-state index contributed by atoms with van der Waals surface area (Å²) >= 11 is 6.30. The maximum Gasteiger partial charge on any atom is 0.248 e. The SMILES string of the molecule is CCOc1cc2nc(C)c(C#N)c(Nc3ccc(OC)c(Cl)c3)c2cc1NC(=O)/C=C/CN(C)C. The van der Waals surface area contributed by atoms with Crippen LogP contribution >= 0.6 is 11.6 Å². The van der Waals surface area contributed by atoms with Crippen molar-refractivity contribution in [2.45, 2.75) is 13.8 Å². The Hall–Kier alpha value is -3.80. The number of nitrogens with zero attached hydrogens (tertiary/aromatic N) is 3.